The van der Waals surface area contributed by atoms with Crippen LogP contribution in [0.4, 0.5) is 0 Å². The molecule has 0 spiro atoms. The highest BCUT2D eigenvalue weighted by atomic mass is 16.7. The lowest BCUT2D eigenvalue weighted by Crippen LogP contribution is -2.40. The minimum Gasteiger partial charge on any atom is -0.477 e. The normalized spacial score (nSPS) is 13.4. The smallest absolute Gasteiger partial charge is 0.361 e. The van der Waals surface area contributed by atoms with Gasteiger partial charge in [0, 0.05) is 12.8 Å². The number of aliphatic carboxylic acids is 1. The summed E-state index contributed by atoms with van der Waals surface area (Å²) in [6.45, 7) is 4.68. The number of likely N-dealkylation sites (N-methyl/N-ethyl adjacent to an activating group) is 1. The highest BCUT2D eigenvalue weighted by Crippen LogP contribution is 2.18. The maximum absolute atomic E-state index is 13.0. The van der Waals surface area contributed by atoms with Crippen LogP contribution < -0.4 is 0 Å². The third kappa shape index (κ3) is 74.7. The Morgan fingerprint density at radius 3 is 0.860 bits per heavy atom. The van der Waals surface area contributed by atoms with Gasteiger partial charge in [0.2, 0.25) is 0 Å². The van der Waals surface area contributed by atoms with Gasteiger partial charge in [-0.15, -0.1) is 0 Å². The van der Waals surface area contributed by atoms with E-state index in [9.17, 15) is 19.5 Å². The summed E-state index contributed by atoms with van der Waals surface area (Å²) in [4.78, 5) is 37.7. The van der Waals surface area contributed by atoms with E-state index < -0.39 is 24.3 Å². The molecule has 9 heteroatoms. The first kappa shape index (κ1) is 88.4. The maximum Gasteiger partial charge on any atom is 0.361 e. The molecule has 0 saturated carbocycles. The van der Waals surface area contributed by atoms with Gasteiger partial charge in [-0.3, -0.25) is 9.59 Å². The van der Waals surface area contributed by atoms with E-state index >= 15 is 0 Å². The van der Waals surface area contributed by atoms with Crippen LogP contribution in [0.2, 0.25) is 0 Å². The minimum absolute atomic E-state index is 0.184. The number of hydrogen-bond donors (Lipinski definition) is 1. The number of carbonyl (C=O) groups is 3. The van der Waals surface area contributed by atoms with Crippen molar-refractivity contribution >= 4 is 17.9 Å². The summed E-state index contributed by atoms with van der Waals surface area (Å²) in [6, 6.07) is 0. The molecule has 2 atom stereocenters. The third-order valence-corrected chi connectivity index (χ3v) is 16.4. The number of carboxylic acids is 1. The van der Waals surface area contributed by atoms with Gasteiger partial charge in [0.25, 0.3) is 6.29 Å². The highest BCUT2D eigenvalue weighted by molar-refractivity contribution is 5.71. The molecule has 0 aliphatic rings. The lowest BCUT2D eigenvalue weighted by atomic mass is 10.0. The van der Waals surface area contributed by atoms with Gasteiger partial charge < -0.3 is 28.5 Å². The van der Waals surface area contributed by atoms with Crippen LogP contribution in [0.3, 0.4) is 0 Å². The van der Waals surface area contributed by atoms with Crippen LogP contribution in [-0.4, -0.2) is 87.4 Å². The second-order valence-electron chi connectivity index (χ2n) is 26.6. The summed E-state index contributed by atoms with van der Waals surface area (Å²) >= 11 is 0. The molecule has 0 aliphatic heterocycles. The van der Waals surface area contributed by atoms with Gasteiger partial charge in [0.15, 0.2) is 6.10 Å². The number of unbranched alkanes of at least 4 members (excludes halogenated alkanes) is 33. The first-order valence-electron chi connectivity index (χ1n) is 38.3. The molecule has 0 rings (SSSR count). The van der Waals surface area contributed by atoms with Gasteiger partial charge in [0.1, 0.15) is 13.2 Å². The number of quaternary nitrogens is 1. The van der Waals surface area contributed by atoms with E-state index in [1.807, 2.05) is 21.1 Å². The Morgan fingerprint density at radius 1 is 0.323 bits per heavy atom. The van der Waals surface area contributed by atoms with Crippen molar-refractivity contribution < 1.29 is 42.9 Å². The number of rotatable bonds is 70. The predicted octanol–water partition coefficient (Wildman–Crippen LogP) is 24.5. The number of hydrogen-bond acceptors (Lipinski definition) is 7. The second-order valence-corrected chi connectivity index (χ2v) is 26.6. The zero-order valence-electron chi connectivity index (χ0n) is 60.9. The first-order chi connectivity index (χ1) is 45.6. The summed E-state index contributed by atoms with van der Waals surface area (Å²) in [5.41, 5.74) is 0. The van der Waals surface area contributed by atoms with E-state index in [2.05, 4.69) is 148 Å². The largest absolute Gasteiger partial charge is 0.477 e. The van der Waals surface area contributed by atoms with E-state index in [1.54, 1.807) is 0 Å². The predicted molar refractivity (Wildman–Crippen MR) is 401 cm³/mol. The van der Waals surface area contributed by atoms with Crippen molar-refractivity contribution in [1.82, 2.24) is 0 Å². The van der Waals surface area contributed by atoms with Crippen molar-refractivity contribution in [3.63, 3.8) is 0 Å². The maximum atomic E-state index is 13.0. The van der Waals surface area contributed by atoms with Gasteiger partial charge in [-0.25, -0.2) is 4.79 Å². The Balaban J connectivity index is 4.06. The number of carbonyl (C=O) groups excluding carboxylic acids is 2. The van der Waals surface area contributed by atoms with E-state index in [-0.39, 0.29) is 32.2 Å². The SMILES string of the molecule is CC/C=C\C/C=C\C/C=C\C/C=C\C/C=C\C/C=C\CCCCCCCCCCCCCCCCCCC(=O)OC(COC(=O)CCCCCCCCCCCCCCCCCCC/C=C\C/C=C\C/C=C\C/C=C\C/C=C\CC)COC(OCC[N+](C)(C)C)C(=O)O. The van der Waals surface area contributed by atoms with Crippen LogP contribution >= 0.6 is 0 Å². The number of nitrogens with zero attached hydrogens (tertiary/aromatic N) is 1. The van der Waals surface area contributed by atoms with Crippen LogP contribution in [0, 0.1) is 0 Å². The van der Waals surface area contributed by atoms with Crippen LogP contribution in [0.25, 0.3) is 0 Å². The van der Waals surface area contributed by atoms with Crippen molar-refractivity contribution in [2.24, 2.45) is 0 Å². The topological polar surface area (TPSA) is 108 Å². The molecule has 0 aromatic heterocycles. The van der Waals surface area contributed by atoms with Gasteiger partial charge >= 0.3 is 17.9 Å². The van der Waals surface area contributed by atoms with Crippen molar-refractivity contribution in [3.8, 4) is 0 Å². The molecule has 0 fully saturated rings. The fourth-order valence-electron chi connectivity index (χ4n) is 10.6. The molecule has 9 nitrogen and oxygen atoms in total. The van der Waals surface area contributed by atoms with Crippen molar-refractivity contribution in [1.29, 1.82) is 0 Å². The van der Waals surface area contributed by atoms with Crippen LogP contribution in [0.5, 0.6) is 0 Å². The van der Waals surface area contributed by atoms with E-state index in [1.165, 1.54) is 186 Å². The highest BCUT2D eigenvalue weighted by Gasteiger charge is 2.25. The molecule has 532 valence electrons. The molecule has 93 heavy (non-hydrogen) atoms. The number of allylic oxidation sites excluding steroid dienone is 22. The monoisotopic (exact) mass is 1300 g/mol. The van der Waals surface area contributed by atoms with Gasteiger partial charge in [-0.2, -0.15) is 0 Å². The van der Waals surface area contributed by atoms with Gasteiger partial charge in [0.05, 0.1) is 34.4 Å². The number of ether oxygens (including phenoxy) is 4. The van der Waals surface area contributed by atoms with Crippen LogP contribution in [0.15, 0.2) is 134 Å². The standard InChI is InChI=1S/C84H143NO8/c1-6-8-10-12-14-16-18-20-22-24-26-28-30-32-34-36-38-40-41-43-45-47-49-51-53-55-57-59-61-63-65-67-69-71-73-75-82(87)93-80(79-92-84(83(88)89)90-77-76-85(3,4)5)78-91-81(86)74-72-70-68-66-64-62-60-58-56-54-52-50-48-46-44-42-39-37-35-33-31-29-27-25-23-21-19-17-15-13-11-9-7-2/h8-11,14-17,20-23,26-29,32-35,38,40,80,84H,6-7,12-13,18-19,24-25,30-31,36-37,39,41-79H2,1-5H3/p+1/b10-8-,11-9-,16-14-,17-15-,22-20-,23-21-,28-26-,29-27-,34-32-,35-33-,40-38-. The van der Waals surface area contributed by atoms with Crippen LogP contribution in [0.1, 0.15) is 322 Å². The average molecular weight is 1300 g/mol. The fourth-order valence-corrected chi connectivity index (χ4v) is 10.6. The molecule has 0 radical (unpaired) electrons. The molecular formula is C84H144NO8+. The Kier molecular flexibility index (Phi) is 69.6. The molecule has 2 unspecified atom stereocenters. The van der Waals surface area contributed by atoms with E-state index in [4.69, 9.17) is 18.9 Å². The van der Waals surface area contributed by atoms with Crippen LogP contribution in [-0.2, 0) is 33.3 Å². The van der Waals surface area contributed by atoms with Crippen molar-refractivity contribution in [2.45, 2.75) is 334 Å². The summed E-state index contributed by atoms with van der Waals surface area (Å²) in [6.07, 6.45) is 103. The van der Waals surface area contributed by atoms with Gasteiger partial charge in [-0.1, -0.05) is 334 Å². The second kappa shape index (κ2) is 73.2. The van der Waals surface area contributed by atoms with E-state index in [0.29, 0.717) is 17.4 Å². The van der Waals surface area contributed by atoms with E-state index in [0.717, 1.165) is 109 Å². The van der Waals surface area contributed by atoms with Crippen molar-refractivity contribution in [2.75, 3.05) is 47.5 Å². The lowest BCUT2D eigenvalue weighted by Gasteiger charge is -2.25. The molecule has 0 aliphatic carbocycles. The molecule has 1 N–H and O–H groups in total. The third-order valence-electron chi connectivity index (χ3n) is 16.4. The quantitative estimate of drug-likeness (QED) is 0.0211. The Labute approximate surface area is 573 Å². The molecule has 0 saturated heterocycles. The average Bonchev–Trinajstić information content (AvgIpc) is 3.74. The molecule has 0 heterocycles. The summed E-state index contributed by atoms with van der Waals surface area (Å²) in [5.74, 6) is -2.00. The molecule has 0 bridgehead atoms. The fraction of sp³-hybridized carbons (Fsp3) is 0.702. The summed E-state index contributed by atoms with van der Waals surface area (Å²) < 4.78 is 23.0. The molecule has 0 aromatic rings. The lowest BCUT2D eigenvalue weighted by molar-refractivity contribution is -0.870. The first-order valence-corrected chi connectivity index (χ1v) is 38.3. The minimum atomic E-state index is -1.52. The molecular weight excluding hydrogens is 1150 g/mol. The molecule has 0 amide bonds. The Hall–Kier alpha value is -4.57. The molecule has 0 aromatic carbocycles. The summed E-state index contributed by atoms with van der Waals surface area (Å²) in [5, 5.41) is 9.77. The Morgan fingerprint density at radius 2 is 0.581 bits per heavy atom. The zero-order chi connectivity index (χ0) is 67.5. The van der Waals surface area contributed by atoms with Crippen molar-refractivity contribution in [3.05, 3.63) is 134 Å². The number of esters is 2. The number of carboxylic acid groups (broad SMARTS) is 1. The summed E-state index contributed by atoms with van der Waals surface area (Å²) in [7, 11) is 5.98. The zero-order valence-corrected chi connectivity index (χ0v) is 60.9. The Bertz CT molecular complexity index is 2000. The van der Waals surface area contributed by atoms with Gasteiger partial charge in [-0.05, 0) is 109 Å².